The molecule has 0 unspecified atom stereocenters. The number of aromatic nitrogens is 1. The van der Waals surface area contributed by atoms with Gasteiger partial charge in [0.25, 0.3) is 0 Å². The summed E-state index contributed by atoms with van der Waals surface area (Å²) in [6.07, 6.45) is 3.22. The number of nitrogens with zero attached hydrogens (tertiary/aromatic N) is 2. The highest BCUT2D eigenvalue weighted by molar-refractivity contribution is 5.80. The maximum absolute atomic E-state index is 5.99. The fraction of sp³-hybridized carbons (Fsp3) is 0.423. The van der Waals surface area contributed by atoms with Crippen molar-refractivity contribution in [1.82, 2.24) is 10.1 Å². The highest BCUT2D eigenvalue weighted by Gasteiger charge is 2.24. The molecule has 1 aliphatic rings. The summed E-state index contributed by atoms with van der Waals surface area (Å²) in [5.41, 5.74) is 5.32. The summed E-state index contributed by atoms with van der Waals surface area (Å²) in [6.45, 7) is 11.9. The number of benzene rings is 2. The third kappa shape index (κ3) is 4.93. The molecule has 4 rings (SSSR count). The number of aryl methyl sites for hydroxylation is 1. The molecule has 1 saturated heterocycles. The summed E-state index contributed by atoms with van der Waals surface area (Å²) in [5, 5.41) is 5.57. The van der Waals surface area contributed by atoms with Gasteiger partial charge in [-0.15, -0.1) is 0 Å². The van der Waals surface area contributed by atoms with Crippen LogP contribution in [-0.4, -0.2) is 43.4 Å². The van der Waals surface area contributed by atoms with Crippen LogP contribution >= 0.6 is 0 Å². The topological polar surface area (TPSA) is 47.7 Å². The number of hydrogen-bond donors (Lipinski definition) is 0. The number of allylic oxidation sites excluding steroid dienone is 1. The number of hydrogen-bond acceptors (Lipinski definition) is 5. The van der Waals surface area contributed by atoms with Crippen molar-refractivity contribution < 1.29 is 14.0 Å². The van der Waals surface area contributed by atoms with E-state index in [1.807, 2.05) is 25.1 Å². The average Bonchev–Trinajstić information content (AvgIpc) is 3.20. The first kappa shape index (κ1) is 21.4. The van der Waals surface area contributed by atoms with Gasteiger partial charge in [0.2, 0.25) is 0 Å². The zero-order chi connectivity index (χ0) is 21.8. The van der Waals surface area contributed by atoms with E-state index < -0.39 is 0 Å². The number of piperidine rings is 1. The smallest absolute Gasteiger partial charge is 0.167 e. The Morgan fingerprint density at radius 2 is 1.97 bits per heavy atom. The van der Waals surface area contributed by atoms with Crippen molar-refractivity contribution in [1.29, 1.82) is 0 Å². The summed E-state index contributed by atoms with van der Waals surface area (Å²) < 4.78 is 17.0. The summed E-state index contributed by atoms with van der Waals surface area (Å²) >= 11 is 0. The van der Waals surface area contributed by atoms with E-state index in [0.717, 1.165) is 72.8 Å². The number of rotatable bonds is 8. The quantitative estimate of drug-likeness (QED) is 0.429. The summed E-state index contributed by atoms with van der Waals surface area (Å²) in [7, 11) is 1.67. The molecular formula is C26H32N2O3. The highest BCUT2D eigenvalue weighted by Crippen LogP contribution is 2.33. The Morgan fingerprint density at radius 3 is 2.71 bits per heavy atom. The number of fused-ring (bicyclic) bond motifs is 1. The van der Waals surface area contributed by atoms with Crippen LogP contribution in [0.2, 0.25) is 0 Å². The molecule has 164 valence electrons. The van der Waals surface area contributed by atoms with E-state index in [0.29, 0.717) is 12.5 Å². The van der Waals surface area contributed by atoms with Gasteiger partial charge in [-0.05, 0) is 81.6 Å². The lowest BCUT2D eigenvalue weighted by molar-refractivity contribution is 0.189. The molecule has 0 atom stereocenters. The monoisotopic (exact) mass is 420 g/mol. The maximum Gasteiger partial charge on any atom is 0.167 e. The molecule has 2 heterocycles. The summed E-state index contributed by atoms with van der Waals surface area (Å²) in [5.74, 6) is 2.03. The van der Waals surface area contributed by atoms with Gasteiger partial charge in [-0.25, -0.2) is 0 Å². The largest absolute Gasteiger partial charge is 0.493 e. The van der Waals surface area contributed by atoms with Crippen molar-refractivity contribution in [2.24, 2.45) is 0 Å². The fourth-order valence-corrected chi connectivity index (χ4v) is 4.31. The third-order valence-corrected chi connectivity index (χ3v) is 6.16. The van der Waals surface area contributed by atoms with E-state index in [1.54, 1.807) is 7.11 Å². The van der Waals surface area contributed by atoms with Crippen LogP contribution in [0, 0.1) is 6.92 Å². The first-order chi connectivity index (χ1) is 15.0. The average molecular weight is 421 g/mol. The number of likely N-dealkylation sites (tertiary alicyclic amines) is 1. The summed E-state index contributed by atoms with van der Waals surface area (Å²) in [4.78, 5) is 2.52. The van der Waals surface area contributed by atoms with Gasteiger partial charge < -0.3 is 18.9 Å². The molecule has 1 aromatic heterocycles. The van der Waals surface area contributed by atoms with Crippen LogP contribution in [0.25, 0.3) is 16.5 Å². The van der Waals surface area contributed by atoms with Crippen LogP contribution in [0.3, 0.4) is 0 Å². The van der Waals surface area contributed by atoms with Crippen LogP contribution < -0.4 is 9.47 Å². The Kier molecular flexibility index (Phi) is 6.62. The zero-order valence-electron chi connectivity index (χ0n) is 18.8. The second-order valence-corrected chi connectivity index (χ2v) is 8.53. The van der Waals surface area contributed by atoms with Crippen LogP contribution in [-0.2, 0) is 0 Å². The lowest BCUT2D eigenvalue weighted by Crippen LogP contribution is -2.34. The number of methoxy groups -OCH3 is 1. The molecule has 0 N–H and O–H groups in total. The predicted molar refractivity (Wildman–Crippen MR) is 125 cm³/mol. The van der Waals surface area contributed by atoms with Crippen molar-refractivity contribution >= 4 is 16.5 Å². The van der Waals surface area contributed by atoms with Crippen molar-refractivity contribution in [2.75, 3.05) is 33.4 Å². The molecule has 0 radical (unpaired) electrons. The van der Waals surface area contributed by atoms with Gasteiger partial charge in [0.15, 0.2) is 17.1 Å². The van der Waals surface area contributed by atoms with Gasteiger partial charge in [0.05, 0.1) is 19.4 Å². The van der Waals surface area contributed by atoms with Crippen LogP contribution in [0.5, 0.6) is 11.5 Å². The first-order valence-electron chi connectivity index (χ1n) is 11.1. The molecule has 0 aliphatic carbocycles. The lowest BCUT2D eigenvalue weighted by atomic mass is 9.91. The van der Waals surface area contributed by atoms with Crippen molar-refractivity contribution in [2.45, 2.75) is 39.0 Å². The van der Waals surface area contributed by atoms with Crippen LogP contribution in [0.4, 0.5) is 0 Å². The molecule has 0 bridgehead atoms. The van der Waals surface area contributed by atoms with Crippen LogP contribution in [0.15, 0.2) is 47.5 Å². The predicted octanol–water partition coefficient (Wildman–Crippen LogP) is 5.83. The Bertz CT molecular complexity index is 1050. The van der Waals surface area contributed by atoms with E-state index in [4.69, 9.17) is 14.0 Å². The van der Waals surface area contributed by atoms with E-state index in [9.17, 15) is 0 Å². The van der Waals surface area contributed by atoms with Gasteiger partial charge in [-0.3, -0.25) is 0 Å². The Balaban J connectivity index is 1.24. The van der Waals surface area contributed by atoms with E-state index in [-0.39, 0.29) is 0 Å². The van der Waals surface area contributed by atoms with Gasteiger partial charge in [-0.2, -0.15) is 0 Å². The number of ether oxygens (including phenoxy) is 2. The Morgan fingerprint density at radius 1 is 1.16 bits per heavy atom. The zero-order valence-corrected chi connectivity index (χ0v) is 18.8. The van der Waals surface area contributed by atoms with E-state index in [2.05, 4.69) is 41.8 Å². The minimum Gasteiger partial charge on any atom is -0.493 e. The molecule has 1 aliphatic heterocycles. The van der Waals surface area contributed by atoms with Gasteiger partial charge in [0, 0.05) is 17.8 Å². The van der Waals surface area contributed by atoms with Crippen LogP contribution in [0.1, 0.15) is 48.9 Å². The Labute approximate surface area is 184 Å². The molecule has 3 aromatic rings. The minimum atomic E-state index is 0.479. The van der Waals surface area contributed by atoms with Gasteiger partial charge >= 0.3 is 0 Å². The Hall–Kier alpha value is -2.79. The molecule has 2 aromatic carbocycles. The second kappa shape index (κ2) is 9.56. The molecule has 0 spiro atoms. The second-order valence-electron chi connectivity index (χ2n) is 8.53. The fourth-order valence-electron chi connectivity index (χ4n) is 4.31. The van der Waals surface area contributed by atoms with E-state index >= 15 is 0 Å². The van der Waals surface area contributed by atoms with Gasteiger partial charge in [-0.1, -0.05) is 29.4 Å². The minimum absolute atomic E-state index is 0.479. The molecule has 5 heteroatoms. The van der Waals surface area contributed by atoms with Crippen molar-refractivity contribution in [3.05, 3.63) is 59.8 Å². The van der Waals surface area contributed by atoms with E-state index in [1.165, 1.54) is 10.9 Å². The van der Waals surface area contributed by atoms with Gasteiger partial charge in [0.1, 0.15) is 0 Å². The molecule has 0 saturated carbocycles. The molecule has 5 nitrogen and oxygen atoms in total. The molecule has 1 fully saturated rings. The first-order valence-corrected chi connectivity index (χ1v) is 11.1. The lowest BCUT2D eigenvalue weighted by Gasteiger charge is -2.31. The SMILES string of the molecule is C=C(C)c1ccc(OCCCN2CCC(c3noc4cc(C)ccc34)CC2)c(OC)c1. The highest BCUT2D eigenvalue weighted by atomic mass is 16.5. The standard InChI is InChI=1S/C26H32N2O3/c1-18(2)21-7-9-23(25(17-21)29-4)30-15-5-12-28-13-10-20(11-14-28)26-22-8-6-19(3)16-24(22)31-27-26/h6-9,16-17,20H,1,5,10-15H2,2-4H3. The molecule has 0 amide bonds. The van der Waals surface area contributed by atoms with Crippen molar-refractivity contribution in [3.8, 4) is 11.5 Å². The third-order valence-electron chi connectivity index (χ3n) is 6.16. The summed E-state index contributed by atoms with van der Waals surface area (Å²) in [6, 6.07) is 12.3. The molecule has 31 heavy (non-hydrogen) atoms. The normalized spacial score (nSPS) is 15.3. The van der Waals surface area contributed by atoms with Crippen molar-refractivity contribution in [3.63, 3.8) is 0 Å². The molecular weight excluding hydrogens is 388 g/mol. The maximum atomic E-state index is 5.99.